The van der Waals surface area contributed by atoms with Gasteiger partial charge in [0, 0.05) is 13.5 Å². The molecule has 6 heteroatoms. The normalized spacial score (nSPS) is 13.0. The van der Waals surface area contributed by atoms with Gasteiger partial charge in [-0.05, 0) is 19.8 Å². The molecule has 0 saturated carbocycles. The molecule has 6 nitrogen and oxygen atoms in total. The molecule has 0 aromatic heterocycles. The minimum Gasteiger partial charge on any atom is -0.481 e. The molecule has 0 aliphatic carbocycles. The Morgan fingerprint density at radius 2 is 1.72 bits per heavy atom. The summed E-state index contributed by atoms with van der Waals surface area (Å²) in [6, 6.07) is -0.646. The van der Waals surface area contributed by atoms with Crippen molar-refractivity contribution in [1.29, 1.82) is 0 Å². The van der Waals surface area contributed by atoms with E-state index in [1.54, 1.807) is 0 Å². The van der Waals surface area contributed by atoms with E-state index in [9.17, 15) is 14.4 Å². The fourth-order valence-corrected chi connectivity index (χ4v) is 1.25. The Kier molecular flexibility index (Phi) is 5.81. The van der Waals surface area contributed by atoms with Crippen LogP contribution in [0.5, 0.6) is 0 Å². The average Bonchev–Trinajstić information content (AvgIpc) is 2.21. The van der Waals surface area contributed by atoms with Crippen LogP contribution in [0.2, 0.25) is 0 Å². The lowest BCUT2D eigenvalue weighted by atomic mass is 9.93. The summed E-state index contributed by atoms with van der Waals surface area (Å²) in [5.41, 5.74) is -1.03. The predicted molar refractivity (Wildman–Crippen MR) is 66.9 cm³/mol. The summed E-state index contributed by atoms with van der Waals surface area (Å²) in [4.78, 5) is 33.8. The number of carbonyl (C=O) groups excluding carboxylic acids is 2. The first-order valence-corrected chi connectivity index (χ1v) is 5.86. The Labute approximate surface area is 107 Å². The maximum Gasteiger partial charge on any atom is 0.310 e. The summed E-state index contributed by atoms with van der Waals surface area (Å²) in [5.74, 6) is -1.71. The summed E-state index contributed by atoms with van der Waals surface area (Å²) in [5, 5.41) is 14.0. The first kappa shape index (κ1) is 16.4. The van der Waals surface area contributed by atoms with Gasteiger partial charge < -0.3 is 15.7 Å². The number of carbonyl (C=O) groups is 3. The summed E-state index contributed by atoms with van der Waals surface area (Å²) in [7, 11) is 0. The van der Waals surface area contributed by atoms with Crippen LogP contribution < -0.4 is 10.6 Å². The number of aliphatic carboxylic acids is 1. The van der Waals surface area contributed by atoms with Crippen LogP contribution >= 0.6 is 0 Å². The fraction of sp³-hybridized carbons (Fsp3) is 0.750. The lowest BCUT2D eigenvalue weighted by molar-refractivity contribution is -0.147. The van der Waals surface area contributed by atoms with Crippen LogP contribution in [-0.4, -0.2) is 35.5 Å². The van der Waals surface area contributed by atoms with Gasteiger partial charge in [0.15, 0.2) is 0 Å². The zero-order valence-corrected chi connectivity index (χ0v) is 11.5. The van der Waals surface area contributed by atoms with Crippen molar-refractivity contribution in [2.24, 2.45) is 11.3 Å². The van der Waals surface area contributed by atoms with Crippen LogP contribution in [0.25, 0.3) is 0 Å². The van der Waals surface area contributed by atoms with Gasteiger partial charge in [-0.1, -0.05) is 13.8 Å². The zero-order valence-electron chi connectivity index (χ0n) is 11.5. The van der Waals surface area contributed by atoms with Crippen molar-refractivity contribution in [3.05, 3.63) is 0 Å². The molecule has 0 aromatic carbocycles. The van der Waals surface area contributed by atoms with Crippen molar-refractivity contribution in [3.63, 3.8) is 0 Å². The molecule has 0 heterocycles. The van der Waals surface area contributed by atoms with E-state index in [2.05, 4.69) is 10.6 Å². The quantitative estimate of drug-likeness (QED) is 0.641. The van der Waals surface area contributed by atoms with Crippen LogP contribution in [0.15, 0.2) is 0 Å². The molecule has 0 fully saturated rings. The first-order valence-electron chi connectivity index (χ1n) is 5.86. The first-order chi connectivity index (χ1) is 8.08. The summed E-state index contributed by atoms with van der Waals surface area (Å²) in [6.45, 7) is 8.02. The standard InChI is InChI=1S/C12H22N2O4/c1-7(2)9(14-8(3)15)10(16)13-6-12(4,5)11(17)18/h7,9H,6H2,1-5H3,(H,13,16)(H,14,15)(H,17,18). The lowest BCUT2D eigenvalue weighted by Gasteiger charge is -2.24. The molecule has 0 saturated heterocycles. The predicted octanol–water partition coefficient (Wildman–Crippen LogP) is 0.374. The minimum absolute atomic E-state index is 0.0178. The fourth-order valence-electron chi connectivity index (χ4n) is 1.25. The number of rotatable bonds is 6. The molecule has 0 rings (SSSR count). The highest BCUT2D eigenvalue weighted by atomic mass is 16.4. The van der Waals surface area contributed by atoms with Crippen LogP contribution in [0.4, 0.5) is 0 Å². The second-order valence-electron chi connectivity index (χ2n) is 5.33. The third kappa shape index (κ3) is 5.16. The summed E-state index contributed by atoms with van der Waals surface area (Å²) in [6.07, 6.45) is 0. The molecule has 0 aliphatic heterocycles. The molecule has 18 heavy (non-hydrogen) atoms. The molecule has 3 N–H and O–H groups in total. The molecular weight excluding hydrogens is 236 g/mol. The minimum atomic E-state index is -1.03. The van der Waals surface area contributed by atoms with Crippen molar-refractivity contribution < 1.29 is 19.5 Å². The van der Waals surface area contributed by atoms with Crippen molar-refractivity contribution in [1.82, 2.24) is 10.6 Å². The summed E-state index contributed by atoms with van der Waals surface area (Å²) < 4.78 is 0. The highest BCUT2D eigenvalue weighted by Gasteiger charge is 2.30. The van der Waals surface area contributed by atoms with Gasteiger partial charge in [-0.2, -0.15) is 0 Å². The largest absolute Gasteiger partial charge is 0.481 e. The molecule has 0 aliphatic rings. The maximum absolute atomic E-state index is 11.9. The number of hydrogen-bond acceptors (Lipinski definition) is 3. The van der Waals surface area contributed by atoms with E-state index in [1.807, 2.05) is 13.8 Å². The Hall–Kier alpha value is -1.59. The van der Waals surface area contributed by atoms with Crippen LogP contribution in [0, 0.1) is 11.3 Å². The van der Waals surface area contributed by atoms with Crippen molar-refractivity contribution in [3.8, 4) is 0 Å². The maximum atomic E-state index is 11.9. The third-order valence-electron chi connectivity index (χ3n) is 2.59. The monoisotopic (exact) mass is 258 g/mol. The van der Waals surface area contributed by atoms with Crippen molar-refractivity contribution >= 4 is 17.8 Å². The average molecular weight is 258 g/mol. The molecule has 0 aromatic rings. The van der Waals surface area contributed by atoms with Crippen LogP contribution in [-0.2, 0) is 14.4 Å². The Balaban J connectivity index is 4.54. The van der Waals surface area contributed by atoms with Gasteiger partial charge in [0.1, 0.15) is 6.04 Å². The number of carboxylic acids is 1. The molecule has 0 spiro atoms. The smallest absolute Gasteiger partial charge is 0.310 e. The van der Waals surface area contributed by atoms with Gasteiger partial charge in [-0.25, -0.2) is 0 Å². The Morgan fingerprint density at radius 3 is 2.06 bits per heavy atom. The Bertz CT molecular complexity index is 337. The molecular formula is C12H22N2O4. The molecule has 0 bridgehead atoms. The highest BCUT2D eigenvalue weighted by molar-refractivity contribution is 5.87. The van der Waals surface area contributed by atoms with Crippen molar-refractivity contribution in [2.45, 2.75) is 40.7 Å². The molecule has 104 valence electrons. The number of carboxylic acid groups (broad SMARTS) is 1. The molecule has 1 unspecified atom stereocenters. The van der Waals surface area contributed by atoms with Gasteiger partial charge in [-0.3, -0.25) is 14.4 Å². The number of nitrogens with one attached hydrogen (secondary N) is 2. The molecule has 0 radical (unpaired) electrons. The third-order valence-corrected chi connectivity index (χ3v) is 2.59. The molecule has 2 amide bonds. The van der Waals surface area contributed by atoms with E-state index in [1.165, 1.54) is 20.8 Å². The van der Waals surface area contributed by atoms with Gasteiger partial charge in [0.05, 0.1) is 5.41 Å². The van der Waals surface area contributed by atoms with Gasteiger partial charge >= 0.3 is 5.97 Å². The van der Waals surface area contributed by atoms with E-state index >= 15 is 0 Å². The summed E-state index contributed by atoms with van der Waals surface area (Å²) >= 11 is 0. The van der Waals surface area contributed by atoms with E-state index in [0.717, 1.165) is 0 Å². The van der Waals surface area contributed by atoms with E-state index < -0.39 is 17.4 Å². The molecule has 1 atom stereocenters. The van der Waals surface area contributed by atoms with Gasteiger partial charge in [0.25, 0.3) is 0 Å². The van der Waals surface area contributed by atoms with Crippen LogP contribution in [0.3, 0.4) is 0 Å². The Morgan fingerprint density at radius 1 is 1.22 bits per heavy atom. The highest BCUT2D eigenvalue weighted by Crippen LogP contribution is 2.13. The number of hydrogen-bond donors (Lipinski definition) is 3. The van der Waals surface area contributed by atoms with E-state index in [-0.39, 0.29) is 24.3 Å². The zero-order chi connectivity index (χ0) is 14.5. The van der Waals surface area contributed by atoms with Gasteiger partial charge in [-0.15, -0.1) is 0 Å². The van der Waals surface area contributed by atoms with Gasteiger partial charge in [0.2, 0.25) is 11.8 Å². The van der Waals surface area contributed by atoms with Crippen LogP contribution in [0.1, 0.15) is 34.6 Å². The topological polar surface area (TPSA) is 95.5 Å². The lowest BCUT2D eigenvalue weighted by Crippen LogP contribution is -2.51. The van der Waals surface area contributed by atoms with Crippen molar-refractivity contribution in [2.75, 3.05) is 6.54 Å². The SMILES string of the molecule is CC(=O)NC(C(=O)NCC(C)(C)C(=O)O)C(C)C. The second kappa shape index (κ2) is 6.37. The van der Waals surface area contributed by atoms with E-state index in [0.29, 0.717) is 0 Å². The second-order valence-corrected chi connectivity index (χ2v) is 5.33. The number of amides is 2. The van der Waals surface area contributed by atoms with E-state index in [4.69, 9.17) is 5.11 Å².